The van der Waals surface area contributed by atoms with Crippen molar-refractivity contribution in [3.05, 3.63) is 75.7 Å². The Hall–Kier alpha value is -3.55. The first-order valence-electron chi connectivity index (χ1n) is 9.19. The quantitative estimate of drug-likeness (QED) is 0.533. The molecule has 0 radical (unpaired) electrons. The molecule has 0 amide bonds. The van der Waals surface area contributed by atoms with Gasteiger partial charge in [-0.1, -0.05) is 0 Å². The first kappa shape index (κ1) is 16.6. The van der Waals surface area contributed by atoms with E-state index in [0.29, 0.717) is 17.9 Å². The van der Waals surface area contributed by atoms with Crippen molar-refractivity contribution in [2.24, 2.45) is 0 Å². The Kier molecular flexibility index (Phi) is 3.71. The van der Waals surface area contributed by atoms with Crippen molar-refractivity contribution in [3.8, 4) is 5.69 Å². The molecule has 0 N–H and O–H groups in total. The molecular weight excluding hydrogens is 354 g/mol. The van der Waals surface area contributed by atoms with Gasteiger partial charge in [0.1, 0.15) is 0 Å². The zero-order valence-corrected chi connectivity index (χ0v) is 15.7. The van der Waals surface area contributed by atoms with Crippen LogP contribution >= 0.6 is 0 Å². The van der Waals surface area contributed by atoms with E-state index >= 15 is 0 Å². The Morgan fingerprint density at radius 2 is 2.04 bits per heavy atom. The van der Waals surface area contributed by atoms with Gasteiger partial charge in [-0.2, -0.15) is 9.61 Å². The molecule has 4 aromatic heterocycles. The van der Waals surface area contributed by atoms with E-state index in [1.807, 2.05) is 38.4 Å². The summed E-state index contributed by atoms with van der Waals surface area (Å²) in [6.07, 6.45) is 6.34. The highest BCUT2D eigenvalue weighted by molar-refractivity contribution is 5.54. The zero-order valence-electron chi connectivity index (χ0n) is 15.7. The standard InChI is InChI=1S/C20H19N7O/c1-13-8-18-23-14(2)9-19(28)27(18)24-20(13)25-7-4-17-15(12-25)10-16(11-21-17)26-6-3-5-22-26/h3,5-6,8-11H,4,7,12H2,1-2H3. The summed E-state index contributed by atoms with van der Waals surface area (Å²) in [6.45, 7) is 5.31. The van der Waals surface area contributed by atoms with Crippen molar-refractivity contribution in [2.45, 2.75) is 26.8 Å². The molecule has 0 saturated carbocycles. The second-order valence-corrected chi connectivity index (χ2v) is 7.08. The predicted molar refractivity (Wildman–Crippen MR) is 105 cm³/mol. The van der Waals surface area contributed by atoms with Crippen molar-refractivity contribution in [1.29, 1.82) is 0 Å². The fourth-order valence-corrected chi connectivity index (χ4v) is 3.69. The van der Waals surface area contributed by atoms with Crippen LogP contribution in [0.1, 0.15) is 22.5 Å². The summed E-state index contributed by atoms with van der Waals surface area (Å²) in [5, 5.41) is 8.90. The number of hydrogen-bond donors (Lipinski definition) is 0. The molecule has 0 fully saturated rings. The van der Waals surface area contributed by atoms with Crippen LogP contribution in [0, 0.1) is 13.8 Å². The first-order valence-corrected chi connectivity index (χ1v) is 9.19. The van der Waals surface area contributed by atoms with Crippen molar-refractivity contribution in [1.82, 2.24) is 29.4 Å². The monoisotopic (exact) mass is 373 g/mol. The van der Waals surface area contributed by atoms with Crippen LogP contribution in [0.25, 0.3) is 11.3 Å². The highest BCUT2D eigenvalue weighted by Crippen LogP contribution is 2.26. The molecule has 8 nitrogen and oxygen atoms in total. The lowest BCUT2D eigenvalue weighted by atomic mass is 10.0. The summed E-state index contributed by atoms with van der Waals surface area (Å²) in [5.74, 6) is 0.801. The molecule has 5 heterocycles. The highest BCUT2D eigenvalue weighted by Gasteiger charge is 2.21. The van der Waals surface area contributed by atoms with E-state index < -0.39 is 0 Å². The topological polar surface area (TPSA) is 81.2 Å². The average Bonchev–Trinajstić information content (AvgIpc) is 3.21. The zero-order chi connectivity index (χ0) is 19.3. The summed E-state index contributed by atoms with van der Waals surface area (Å²) in [7, 11) is 0. The number of hydrogen-bond acceptors (Lipinski definition) is 6. The Balaban J connectivity index is 1.54. The van der Waals surface area contributed by atoms with Gasteiger partial charge >= 0.3 is 0 Å². The summed E-state index contributed by atoms with van der Waals surface area (Å²) >= 11 is 0. The Labute approximate surface area is 161 Å². The molecule has 0 saturated heterocycles. The summed E-state index contributed by atoms with van der Waals surface area (Å²) in [4.78, 5) is 23.6. The van der Waals surface area contributed by atoms with E-state index in [1.54, 1.807) is 10.9 Å². The molecule has 1 aliphatic rings. The van der Waals surface area contributed by atoms with Crippen LogP contribution in [-0.4, -0.2) is 35.9 Å². The molecule has 0 spiro atoms. The van der Waals surface area contributed by atoms with Gasteiger partial charge in [-0.25, -0.2) is 9.67 Å². The SMILES string of the molecule is Cc1cc(=O)n2nc(N3CCc4ncc(-n5cccn5)cc4C3)c(C)cc2n1. The van der Waals surface area contributed by atoms with Gasteiger partial charge in [-0.15, -0.1) is 5.10 Å². The Morgan fingerprint density at radius 3 is 2.86 bits per heavy atom. The number of fused-ring (bicyclic) bond motifs is 2. The fraction of sp³-hybridized carbons (Fsp3) is 0.250. The molecule has 5 rings (SSSR count). The molecule has 140 valence electrons. The fourth-order valence-electron chi connectivity index (χ4n) is 3.69. The Morgan fingerprint density at radius 1 is 1.14 bits per heavy atom. The van der Waals surface area contributed by atoms with Gasteiger partial charge in [0.05, 0.1) is 11.9 Å². The smallest absolute Gasteiger partial charge is 0.274 e. The van der Waals surface area contributed by atoms with Gasteiger partial charge in [-0.3, -0.25) is 9.78 Å². The minimum absolute atomic E-state index is 0.163. The molecule has 0 aliphatic carbocycles. The number of rotatable bonds is 2. The normalized spacial score (nSPS) is 13.7. The van der Waals surface area contributed by atoms with Gasteiger partial charge in [0.15, 0.2) is 11.5 Å². The van der Waals surface area contributed by atoms with E-state index in [0.717, 1.165) is 41.3 Å². The number of aromatic nitrogens is 6. The van der Waals surface area contributed by atoms with Crippen LogP contribution < -0.4 is 10.5 Å². The minimum atomic E-state index is -0.163. The van der Waals surface area contributed by atoms with Gasteiger partial charge in [0, 0.05) is 49.4 Å². The first-order chi connectivity index (χ1) is 13.6. The van der Waals surface area contributed by atoms with Gasteiger partial charge in [-0.05, 0) is 43.2 Å². The lowest BCUT2D eigenvalue weighted by Crippen LogP contribution is -2.33. The molecule has 0 aromatic carbocycles. The lowest BCUT2D eigenvalue weighted by molar-refractivity contribution is 0.682. The Bertz CT molecular complexity index is 1240. The van der Waals surface area contributed by atoms with Crippen LogP contribution in [0.3, 0.4) is 0 Å². The lowest BCUT2D eigenvalue weighted by Gasteiger charge is -2.30. The molecule has 0 atom stereocenters. The number of aryl methyl sites for hydroxylation is 2. The third-order valence-corrected chi connectivity index (χ3v) is 5.04. The molecule has 8 heteroatoms. The van der Waals surface area contributed by atoms with Crippen molar-refractivity contribution < 1.29 is 0 Å². The van der Waals surface area contributed by atoms with Crippen molar-refractivity contribution in [3.63, 3.8) is 0 Å². The van der Waals surface area contributed by atoms with Crippen LogP contribution in [-0.2, 0) is 13.0 Å². The maximum absolute atomic E-state index is 12.3. The predicted octanol–water partition coefficient (Wildman–Crippen LogP) is 1.85. The summed E-state index contributed by atoms with van der Waals surface area (Å²) in [6, 6.07) is 7.44. The second kappa shape index (κ2) is 6.26. The highest BCUT2D eigenvalue weighted by atomic mass is 16.1. The summed E-state index contributed by atoms with van der Waals surface area (Å²) in [5.41, 5.74) is 5.29. The van der Waals surface area contributed by atoms with Gasteiger partial charge in [0.25, 0.3) is 5.56 Å². The van der Waals surface area contributed by atoms with E-state index in [1.165, 1.54) is 10.6 Å². The largest absolute Gasteiger partial charge is 0.350 e. The maximum Gasteiger partial charge on any atom is 0.274 e. The third-order valence-electron chi connectivity index (χ3n) is 5.04. The number of anilines is 1. The molecular formula is C20H19N7O. The van der Waals surface area contributed by atoms with Crippen LogP contribution in [0.2, 0.25) is 0 Å². The average molecular weight is 373 g/mol. The van der Waals surface area contributed by atoms with Crippen molar-refractivity contribution in [2.75, 3.05) is 11.4 Å². The van der Waals surface area contributed by atoms with Crippen LogP contribution in [0.4, 0.5) is 5.82 Å². The molecule has 4 aromatic rings. The maximum atomic E-state index is 12.3. The third kappa shape index (κ3) is 2.74. The van der Waals surface area contributed by atoms with E-state index in [9.17, 15) is 4.79 Å². The number of nitrogens with zero attached hydrogens (tertiary/aromatic N) is 7. The van der Waals surface area contributed by atoms with Gasteiger partial charge in [0.2, 0.25) is 0 Å². The minimum Gasteiger partial charge on any atom is -0.350 e. The van der Waals surface area contributed by atoms with E-state index in [-0.39, 0.29) is 5.56 Å². The summed E-state index contributed by atoms with van der Waals surface area (Å²) < 4.78 is 3.18. The van der Waals surface area contributed by atoms with Crippen molar-refractivity contribution >= 4 is 11.5 Å². The van der Waals surface area contributed by atoms with Crippen LogP contribution in [0.5, 0.6) is 0 Å². The van der Waals surface area contributed by atoms with Gasteiger partial charge < -0.3 is 4.90 Å². The number of pyridine rings is 1. The van der Waals surface area contributed by atoms with Crippen LogP contribution in [0.15, 0.2) is 47.7 Å². The van der Waals surface area contributed by atoms with E-state index in [2.05, 4.69) is 31.1 Å². The van der Waals surface area contributed by atoms with E-state index in [4.69, 9.17) is 0 Å². The molecule has 28 heavy (non-hydrogen) atoms. The second-order valence-electron chi connectivity index (χ2n) is 7.08. The molecule has 1 aliphatic heterocycles. The molecule has 0 bridgehead atoms. The molecule has 0 unspecified atom stereocenters.